The van der Waals surface area contributed by atoms with Crippen LogP contribution < -0.4 is 0 Å². The van der Waals surface area contributed by atoms with Crippen LogP contribution in [0, 0.1) is 0 Å². The van der Waals surface area contributed by atoms with E-state index in [1.807, 2.05) is 0 Å². The summed E-state index contributed by atoms with van der Waals surface area (Å²) in [4.78, 5) is 0. The molecule has 0 bridgehead atoms. The molecule has 0 aliphatic carbocycles. The van der Waals surface area contributed by atoms with E-state index in [1.54, 1.807) is 0 Å². The fourth-order valence-electron chi connectivity index (χ4n) is 0.102. The molecule has 0 heterocycles. The van der Waals surface area contributed by atoms with E-state index in [2.05, 4.69) is 6.92 Å². The van der Waals surface area contributed by atoms with E-state index >= 15 is 0 Å². The van der Waals surface area contributed by atoms with Crippen molar-refractivity contribution in [3.8, 4) is 0 Å². The van der Waals surface area contributed by atoms with Gasteiger partial charge in [0.1, 0.15) is 0 Å². The van der Waals surface area contributed by atoms with E-state index in [4.69, 9.17) is 0 Å². The van der Waals surface area contributed by atoms with E-state index in [0.29, 0.717) is 0 Å². The van der Waals surface area contributed by atoms with E-state index in [9.17, 15) is 3.08 Å². The third kappa shape index (κ3) is 4.60. The second kappa shape index (κ2) is 4.60. The van der Waals surface area contributed by atoms with Crippen molar-refractivity contribution in [1.29, 1.82) is 0 Å². The molecule has 29 valence electrons. The zero-order valence-electron chi connectivity index (χ0n) is 3.32. The Labute approximate surface area is 42.4 Å². The standard InChI is InChI=1S/C3H7.O.Sn/c1-3-2;;/h1,3H2,2H3;;. The van der Waals surface area contributed by atoms with Crippen molar-refractivity contribution >= 4 is 21.1 Å². The Kier molecular flexibility index (Phi) is 5.15. The molecule has 2 heteroatoms. The molecule has 0 rings (SSSR count). The first-order chi connectivity index (χ1) is 2.41. The quantitative estimate of drug-likeness (QED) is 0.573. The van der Waals surface area contributed by atoms with Crippen LogP contribution in [0.4, 0.5) is 0 Å². The molecular formula is C3H7OSn. The fourth-order valence-corrected chi connectivity index (χ4v) is 0.685. The molecule has 1 radical (unpaired) electrons. The molecular weight excluding hydrogens is 171 g/mol. The molecule has 0 aliphatic rings. The van der Waals surface area contributed by atoms with Gasteiger partial charge in [0.05, 0.1) is 0 Å². The molecule has 5 heavy (non-hydrogen) atoms. The molecule has 0 aliphatic heterocycles. The van der Waals surface area contributed by atoms with Gasteiger partial charge >= 0.3 is 42.0 Å². The average molecular weight is 178 g/mol. The van der Waals surface area contributed by atoms with Crippen LogP contribution in [-0.4, -0.2) is 21.1 Å². The molecule has 0 unspecified atom stereocenters. The Hall–Kier alpha value is 0.599. The van der Waals surface area contributed by atoms with Crippen LogP contribution in [0.5, 0.6) is 0 Å². The van der Waals surface area contributed by atoms with Crippen molar-refractivity contribution in [3.63, 3.8) is 0 Å². The van der Waals surface area contributed by atoms with Crippen molar-refractivity contribution in [3.05, 3.63) is 0 Å². The van der Waals surface area contributed by atoms with E-state index in [-0.39, 0.29) is 0 Å². The molecule has 1 nitrogen and oxygen atoms in total. The second-order valence-corrected chi connectivity index (χ2v) is 3.15. The Morgan fingerprint density at radius 3 is 2.40 bits per heavy atom. The molecule has 0 aromatic heterocycles. The van der Waals surface area contributed by atoms with Crippen molar-refractivity contribution in [2.45, 2.75) is 17.8 Å². The Bertz CT molecular complexity index is 28.1. The maximum atomic E-state index is 9.70. The predicted molar refractivity (Wildman–Crippen MR) is 21.5 cm³/mol. The maximum absolute atomic E-state index is 9.70. The minimum atomic E-state index is -1.04. The van der Waals surface area contributed by atoms with Gasteiger partial charge in [0.15, 0.2) is 0 Å². The average Bonchev–Trinajstić information content (AvgIpc) is 1.41. The Morgan fingerprint density at radius 1 is 1.80 bits per heavy atom. The van der Waals surface area contributed by atoms with E-state index < -0.39 is 21.1 Å². The van der Waals surface area contributed by atoms with Crippen molar-refractivity contribution in [2.75, 3.05) is 0 Å². The predicted octanol–water partition coefficient (Wildman–Crippen LogP) is 0.864. The SMILES string of the molecule is CC[CH2][Sn]=[O]. The third-order valence-electron chi connectivity index (χ3n) is 0.352. The number of rotatable bonds is 2. The Morgan fingerprint density at radius 2 is 2.40 bits per heavy atom. The summed E-state index contributed by atoms with van der Waals surface area (Å²) in [7, 11) is 0. The summed E-state index contributed by atoms with van der Waals surface area (Å²) in [5, 5.41) is 0. The number of hydrogen-bond acceptors (Lipinski definition) is 1. The Balaban J connectivity index is 2.40. The van der Waals surface area contributed by atoms with Gasteiger partial charge in [0, 0.05) is 0 Å². The van der Waals surface area contributed by atoms with Crippen LogP contribution in [0.15, 0.2) is 0 Å². The third-order valence-corrected chi connectivity index (χ3v) is 2.36. The normalized spacial score (nSPS) is 7.40. The van der Waals surface area contributed by atoms with Crippen LogP contribution in [0.3, 0.4) is 0 Å². The van der Waals surface area contributed by atoms with Crippen LogP contribution in [0.2, 0.25) is 4.44 Å². The van der Waals surface area contributed by atoms with Crippen LogP contribution in [-0.2, 0) is 3.08 Å². The van der Waals surface area contributed by atoms with Crippen LogP contribution in [0.1, 0.15) is 13.3 Å². The van der Waals surface area contributed by atoms with Gasteiger partial charge in [-0.05, 0) is 0 Å². The molecule has 0 atom stereocenters. The van der Waals surface area contributed by atoms with E-state index in [0.717, 1.165) is 10.9 Å². The van der Waals surface area contributed by atoms with Gasteiger partial charge in [-0.3, -0.25) is 0 Å². The summed E-state index contributed by atoms with van der Waals surface area (Å²) in [6, 6.07) is 0. The summed E-state index contributed by atoms with van der Waals surface area (Å²) < 4.78 is 10.7. The van der Waals surface area contributed by atoms with Gasteiger partial charge < -0.3 is 0 Å². The summed E-state index contributed by atoms with van der Waals surface area (Å²) in [5.41, 5.74) is 0. The van der Waals surface area contributed by atoms with Gasteiger partial charge in [-0.2, -0.15) is 0 Å². The monoisotopic (exact) mass is 179 g/mol. The molecule has 0 saturated heterocycles. The summed E-state index contributed by atoms with van der Waals surface area (Å²) in [6.45, 7) is 2.05. The van der Waals surface area contributed by atoms with Crippen molar-refractivity contribution in [1.82, 2.24) is 0 Å². The number of hydrogen-bond donors (Lipinski definition) is 0. The van der Waals surface area contributed by atoms with Crippen LogP contribution in [0.25, 0.3) is 0 Å². The molecule has 0 fully saturated rings. The fraction of sp³-hybridized carbons (Fsp3) is 1.00. The minimum absolute atomic E-state index is 1.00. The molecule has 0 N–H and O–H groups in total. The topological polar surface area (TPSA) is 17.1 Å². The zero-order chi connectivity index (χ0) is 4.12. The first-order valence-corrected chi connectivity index (χ1v) is 4.95. The van der Waals surface area contributed by atoms with E-state index in [1.165, 1.54) is 0 Å². The van der Waals surface area contributed by atoms with Crippen molar-refractivity contribution < 1.29 is 3.08 Å². The van der Waals surface area contributed by atoms with Gasteiger partial charge in [0.2, 0.25) is 0 Å². The molecule has 0 aromatic carbocycles. The summed E-state index contributed by atoms with van der Waals surface area (Å²) in [6.07, 6.45) is 1.11. The molecule has 0 saturated carbocycles. The van der Waals surface area contributed by atoms with Crippen molar-refractivity contribution in [2.24, 2.45) is 0 Å². The van der Waals surface area contributed by atoms with Gasteiger partial charge in [0.25, 0.3) is 0 Å². The van der Waals surface area contributed by atoms with Gasteiger partial charge in [-0.15, -0.1) is 0 Å². The second-order valence-electron chi connectivity index (χ2n) is 0.894. The van der Waals surface area contributed by atoms with Gasteiger partial charge in [-0.25, -0.2) is 0 Å². The molecule has 0 aromatic rings. The van der Waals surface area contributed by atoms with Crippen LogP contribution >= 0.6 is 0 Å². The van der Waals surface area contributed by atoms with Gasteiger partial charge in [-0.1, -0.05) is 0 Å². The molecule has 0 spiro atoms. The summed E-state index contributed by atoms with van der Waals surface area (Å²) in [5.74, 6) is 0. The first-order valence-electron chi connectivity index (χ1n) is 1.76. The molecule has 0 amide bonds. The summed E-state index contributed by atoms with van der Waals surface area (Å²) >= 11 is -1.04. The zero-order valence-corrected chi connectivity index (χ0v) is 6.18. The first kappa shape index (κ1) is 5.60.